The molecule has 1 fully saturated rings. The lowest BCUT2D eigenvalue weighted by Crippen LogP contribution is -2.67. The number of carbonyl (C=O) groups is 1. The molecule has 1 aliphatic rings. The summed E-state index contributed by atoms with van der Waals surface area (Å²) in [5.74, 6) is -4.45. The quantitative estimate of drug-likeness (QED) is 0.295. The van der Waals surface area contributed by atoms with Gasteiger partial charge in [-0.2, -0.15) is 13.8 Å². The van der Waals surface area contributed by atoms with Gasteiger partial charge < -0.3 is 19.6 Å². The first kappa shape index (κ1) is 30.4. The second-order valence-corrected chi connectivity index (χ2v) is 15.7. The Hall–Kier alpha value is -4.03. The van der Waals surface area contributed by atoms with Gasteiger partial charge in [-0.1, -0.05) is 99.6 Å². The monoisotopic (exact) mass is 605 g/mol. The number of alkyl halides is 2. The molecule has 1 aromatic heterocycles. The molecule has 3 aromatic carbocycles. The molecule has 8 nitrogen and oxygen atoms in total. The molecule has 2 heterocycles. The number of ether oxygens (including phenoxy) is 1. The first-order valence-electron chi connectivity index (χ1n) is 13.9. The lowest BCUT2D eigenvalue weighted by Gasteiger charge is -2.43. The van der Waals surface area contributed by atoms with E-state index in [0.717, 1.165) is 16.6 Å². The maximum atomic E-state index is 15.5. The number of amides is 1. The van der Waals surface area contributed by atoms with Crippen LogP contribution in [0.15, 0.2) is 108 Å². The number of anilines is 1. The van der Waals surface area contributed by atoms with Crippen molar-refractivity contribution < 1.29 is 27.8 Å². The average Bonchev–Trinajstić information content (AvgIpc) is 3.22. The van der Waals surface area contributed by atoms with E-state index in [-0.39, 0.29) is 12.4 Å². The molecule has 224 valence electrons. The molecule has 3 unspecified atom stereocenters. The van der Waals surface area contributed by atoms with Gasteiger partial charge in [0.15, 0.2) is 6.10 Å². The van der Waals surface area contributed by atoms with Gasteiger partial charge in [0.1, 0.15) is 11.9 Å². The van der Waals surface area contributed by atoms with Gasteiger partial charge in [0, 0.05) is 11.8 Å². The molecule has 5 rings (SSSR count). The molecule has 11 heteroatoms. The van der Waals surface area contributed by atoms with E-state index < -0.39 is 49.3 Å². The molecule has 0 saturated carbocycles. The Morgan fingerprint density at radius 2 is 1.51 bits per heavy atom. The fourth-order valence-corrected chi connectivity index (χ4v) is 10.1. The Labute approximate surface area is 249 Å². The van der Waals surface area contributed by atoms with Crippen LogP contribution in [-0.4, -0.2) is 53.6 Å². The minimum Gasteiger partial charge on any atom is -0.405 e. The van der Waals surface area contributed by atoms with E-state index in [9.17, 15) is 14.7 Å². The average molecular weight is 606 g/mol. The van der Waals surface area contributed by atoms with E-state index in [2.05, 4.69) is 10.3 Å². The van der Waals surface area contributed by atoms with Crippen LogP contribution in [-0.2, 0) is 9.16 Å². The Bertz CT molecular complexity index is 1580. The molecule has 1 saturated heterocycles. The van der Waals surface area contributed by atoms with Gasteiger partial charge in [0.25, 0.3) is 14.2 Å². The smallest absolute Gasteiger partial charge is 0.351 e. The zero-order valence-electron chi connectivity index (χ0n) is 24.0. The molecule has 0 spiro atoms. The summed E-state index contributed by atoms with van der Waals surface area (Å²) in [5.41, 5.74) is -0.734. The van der Waals surface area contributed by atoms with Crippen LogP contribution in [0.25, 0.3) is 0 Å². The number of rotatable bonds is 8. The molecule has 0 bridgehead atoms. The maximum absolute atomic E-state index is 15.5. The highest BCUT2D eigenvalue weighted by Crippen LogP contribution is 2.43. The van der Waals surface area contributed by atoms with Gasteiger partial charge in [0.2, 0.25) is 6.23 Å². The molecular weight excluding hydrogens is 572 g/mol. The number of benzene rings is 3. The SMILES string of the molecule is CC(C)(C)[Si](OCC1OC(n2ccc(NC(=O)c3ccccc3)nc2=O)C(F)(F)C1O)(c1ccccc1)c1ccccc1. The molecule has 1 amide bonds. The van der Waals surface area contributed by atoms with Crippen LogP contribution < -0.4 is 21.4 Å². The van der Waals surface area contributed by atoms with E-state index in [1.807, 2.05) is 81.4 Å². The fourth-order valence-electron chi connectivity index (χ4n) is 5.51. The molecule has 0 radical (unpaired) electrons. The Morgan fingerprint density at radius 3 is 2.02 bits per heavy atom. The summed E-state index contributed by atoms with van der Waals surface area (Å²) in [5, 5.41) is 14.7. The first-order valence-corrected chi connectivity index (χ1v) is 15.8. The zero-order chi connectivity index (χ0) is 30.8. The van der Waals surface area contributed by atoms with Crippen LogP contribution in [0.1, 0.15) is 37.4 Å². The summed E-state index contributed by atoms with van der Waals surface area (Å²) in [6, 6.07) is 28.8. The third-order valence-electron chi connectivity index (χ3n) is 7.62. The molecular formula is C32H33F2N3O5Si. The predicted octanol–water partition coefficient (Wildman–Crippen LogP) is 3.97. The molecule has 0 aliphatic carbocycles. The van der Waals surface area contributed by atoms with Crippen molar-refractivity contribution >= 4 is 30.4 Å². The van der Waals surface area contributed by atoms with Crippen molar-refractivity contribution in [3.63, 3.8) is 0 Å². The minimum atomic E-state index is -3.83. The minimum absolute atomic E-state index is 0.108. The number of hydrogen-bond donors (Lipinski definition) is 2. The molecule has 4 aromatic rings. The number of aliphatic hydroxyl groups excluding tert-OH is 1. The molecule has 1 aliphatic heterocycles. The number of nitrogens with one attached hydrogen (secondary N) is 1. The first-order chi connectivity index (χ1) is 20.4. The maximum Gasteiger partial charge on any atom is 0.351 e. The van der Waals surface area contributed by atoms with Gasteiger partial charge in [0.05, 0.1) is 6.61 Å². The van der Waals surface area contributed by atoms with Crippen LogP contribution in [0.2, 0.25) is 5.04 Å². The summed E-state index contributed by atoms with van der Waals surface area (Å²) in [6.45, 7) is 5.80. The van der Waals surface area contributed by atoms with Crippen LogP contribution >= 0.6 is 0 Å². The van der Waals surface area contributed by atoms with Gasteiger partial charge in [-0.05, 0) is 33.6 Å². The lowest BCUT2D eigenvalue weighted by atomic mass is 10.1. The standard InChI is InChI=1S/C32H33F2N3O5Si/c1-31(2,3)43(23-15-9-5-10-16-23,24-17-11-6-12-18-24)41-21-25-27(38)32(33,34)29(42-25)37-20-19-26(36-30(37)40)35-28(39)22-13-7-4-8-14-22/h4-20,25,27,29,38H,21H2,1-3H3,(H,35,36,39,40). The van der Waals surface area contributed by atoms with E-state index in [1.165, 1.54) is 6.07 Å². The number of halogens is 2. The van der Waals surface area contributed by atoms with E-state index in [0.29, 0.717) is 10.1 Å². The summed E-state index contributed by atoms with van der Waals surface area (Å²) in [6.07, 6.45) is -4.76. The highest BCUT2D eigenvalue weighted by atomic mass is 28.4. The number of carbonyl (C=O) groups excluding carboxylic acids is 1. The van der Waals surface area contributed by atoms with E-state index in [4.69, 9.17) is 9.16 Å². The Morgan fingerprint density at radius 1 is 0.977 bits per heavy atom. The van der Waals surface area contributed by atoms with Crippen molar-refractivity contribution in [1.29, 1.82) is 0 Å². The number of hydrogen-bond acceptors (Lipinski definition) is 6. The van der Waals surface area contributed by atoms with Gasteiger partial charge >= 0.3 is 11.6 Å². The van der Waals surface area contributed by atoms with Crippen LogP contribution in [0.4, 0.5) is 14.6 Å². The van der Waals surface area contributed by atoms with Gasteiger partial charge in [-0.15, -0.1) is 0 Å². The topological polar surface area (TPSA) is 103 Å². The van der Waals surface area contributed by atoms with Crippen molar-refractivity contribution in [3.05, 3.63) is 119 Å². The lowest BCUT2D eigenvalue weighted by molar-refractivity contribution is -0.140. The van der Waals surface area contributed by atoms with Crippen LogP contribution in [0, 0.1) is 0 Å². The number of aliphatic hydroxyl groups is 1. The predicted molar refractivity (Wildman–Crippen MR) is 161 cm³/mol. The molecule has 43 heavy (non-hydrogen) atoms. The third-order valence-corrected chi connectivity index (χ3v) is 12.6. The second kappa shape index (κ2) is 11.9. The highest BCUT2D eigenvalue weighted by molar-refractivity contribution is 6.99. The van der Waals surface area contributed by atoms with Gasteiger partial charge in [-0.3, -0.25) is 9.36 Å². The van der Waals surface area contributed by atoms with E-state index >= 15 is 8.78 Å². The number of nitrogens with zero attached hydrogens (tertiary/aromatic N) is 2. The van der Waals surface area contributed by atoms with Crippen molar-refractivity contribution in [1.82, 2.24) is 9.55 Å². The third kappa shape index (κ3) is 5.81. The number of aromatic nitrogens is 2. The summed E-state index contributed by atoms with van der Waals surface area (Å²) in [7, 11) is -3.11. The summed E-state index contributed by atoms with van der Waals surface area (Å²) in [4.78, 5) is 29.0. The largest absolute Gasteiger partial charge is 0.405 e. The van der Waals surface area contributed by atoms with Crippen molar-refractivity contribution in [2.24, 2.45) is 0 Å². The normalized spacial score (nSPS) is 20.1. The Kier molecular flexibility index (Phi) is 8.44. The summed E-state index contributed by atoms with van der Waals surface area (Å²) < 4.78 is 43.9. The van der Waals surface area contributed by atoms with Gasteiger partial charge in [-0.25, -0.2) is 4.79 Å². The highest BCUT2D eigenvalue weighted by Gasteiger charge is 2.61. The van der Waals surface area contributed by atoms with Crippen molar-refractivity contribution in [3.8, 4) is 0 Å². The molecule has 2 N–H and O–H groups in total. The summed E-state index contributed by atoms with van der Waals surface area (Å²) >= 11 is 0. The van der Waals surface area contributed by atoms with Crippen LogP contribution in [0.5, 0.6) is 0 Å². The fraction of sp³-hybridized carbons (Fsp3) is 0.281. The van der Waals surface area contributed by atoms with Crippen molar-refractivity contribution in [2.45, 2.75) is 50.2 Å². The Balaban J connectivity index is 1.41. The zero-order valence-corrected chi connectivity index (χ0v) is 25.0. The van der Waals surface area contributed by atoms with Crippen molar-refractivity contribution in [2.75, 3.05) is 11.9 Å². The second-order valence-electron chi connectivity index (χ2n) is 11.4. The van der Waals surface area contributed by atoms with Crippen LogP contribution in [0.3, 0.4) is 0 Å². The molecule has 3 atom stereocenters. The van der Waals surface area contributed by atoms with E-state index in [1.54, 1.807) is 30.3 Å².